The first-order chi connectivity index (χ1) is 14.4. The highest BCUT2D eigenvalue weighted by Crippen LogP contribution is 2.45. The van der Waals surface area contributed by atoms with E-state index in [4.69, 9.17) is 10.2 Å². The number of hydrogen-bond donors (Lipinski definition) is 3. The van der Waals surface area contributed by atoms with Crippen LogP contribution in [0.3, 0.4) is 0 Å². The highest BCUT2D eigenvalue weighted by molar-refractivity contribution is 9.15. The third-order valence-corrected chi connectivity index (χ3v) is 8.97. The number of anilines is 1. The Morgan fingerprint density at radius 1 is 0.774 bits per heavy atom. The van der Waals surface area contributed by atoms with Gasteiger partial charge < -0.3 is 15.5 Å². The van der Waals surface area contributed by atoms with Crippen molar-refractivity contribution in [1.29, 1.82) is 0 Å². The normalized spacial score (nSPS) is 12.7. The molecule has 0 unspecified atom stereocenters. The molecule has 0 saturated heterocycles. The van der Waals surface area contributed by atoms with Crippen molar-refractivity contribution in [3.05, 3.63) is 58.3 Å². The summed E-state index contributed by atoms with van der Waals surface area (Å²) in [6, 6.07) is 3.07. The monoisotopic (exact) mass is 680 g/mol. The molecular formula is C18H8Br4N2O7. The van der Waals surface area contributed by atoms with E-state index in [1.807, 2.05) is 0 Å². The summed E-state index contributed by atoms with van der Waals surface area (Å²) in [6.07, 6.45) is 0. The minimum atomic E-state index is -1.38. The maximum absolute atomic E-state index is 12.8. The van der Waals surface area contributed by atoms with Crippen molar-refractivity contribution in [3.63, 3.8) is 0 Å². The van der Waals surface area contributed by atoms with E-state index in [0.29, 0.717) is 17.9 Å². The highest BCUT2D eigenvalue weighted by Gasteiger charge is 2.41. The van der Waals surface area contributed by atoms with E-state index in [1.54, 1.807) is 0 Å². The van der Waals surface area contributed by atoms with Crippen molar-refractivity contribution >= 4 is 99.1 Å². The lowest BCUT2D eigenvalue weighted by molar-refractivity contribution is -0.116. The quantitative estimate of drug-likeness (QED) is 0.242. The summed E-state index contributed by atoms with van der Waals surface area (Å²) >= 11 is 13.1. The molecule has 160 valence electrons. The number of aromatic carboxylic acids is 2. The van der Waals surface area contributed by atoms with Gasteiger partial charge in [0.05, 0.1) is 22.3 Å². The van der Waals surface area contributed by atoms with Crippen molar-refractivity contribution in [2.75, 3.05) is 11.9 Å². The van der Waals surface area contributed by atoms with Gasteiger partial charge in [0, 0.05) is 23.6 Å². The molecule has 0 saturated carbocycles. The molecule has 13 heteroatoms. The van der Waals surface area contributed by atoms with E-state index in [-0.39, 0.29) is 27.9 Å². The van der Waals surface area contributed by atoms with Crippen LogP contribution in [0.5, 0.6) is 0 Å². The Labute approximate surface area is 207 Å². The van der Waals surface area contributed by atoms with Gasteiger partial charge in [-0.3, -0.25) is 19.3 Å². The Morgan fingerprint density at radius 3 is 1.58 bits per heavy atom. The average Bonchev–Trinajstić information content (AvgIpc) is 2.95. The fourth-order valence-corrected chi connectivity index (χ4v) is 5.29. The molecule has 3 amide bonds. The number of imide groups is 1. The minimum Gasteiger partial charge on any atom is -0.478 e. The molecule has 0 spiro atoms. The van der Waals surface area contributed by atoms with Crippen molar-refractivity contribution in [2.24, 2.45) is 0 Å². The first-order valence-electron chi connectivity index (χ1n) is 8.07. The first-order valence-corrected chi connectivity index (χ1v) is 11.2. The Morgan fingerprint density at radius 2 is 1.19 bits per heavy atom. The number of carbonyl (C=O) groups is 5. The summed E-state index contributed by atoms with van der Waals surface area (Å²) in [6.45, 7) is -0.666. The van der Waals surface area contributed by atoms with Crippen LogP contribution in [0.25, 0.3) is 0 Å². The van der Waals surface area contributed by atoms with Gasteiger partial charge >= 0.3 is 11.9 Å². The van der Waals surface area contributed by atoms with Crippen LogP contribution in [0.2, 0.25) is 0 Å². The minimum absolute atomic E-state index is 0.0702. The average molecular weight is 684 g/mol. The van der Waals surface area contributed by atoms with Gasteiger partial charge in [-0.2, -0.15) is 0 Å². The van der Waals surface area contributed by atoms with Crippen molar-refractivity contribution in [1.82, 2.24) is 4.90 Å². The van der Waals surface area contributed by atoms with Crippen LogP contribution in [-0.4, -0.2) is 51.3 Å². The molecule has 1 heterocycles. The van der Waals surface area contributed by atoms with E-state index in [9.17, 15) is 24.0 Å². The SMILES string of the molecule is O=C(CN1C(=O)c2c(Br)c(Br)c(Br)c(Br)c2C1=O)Nc1cc(C(=O)O)cc(C(=O)O)c1. The number of carboxylic acids is 2. The highest BCUT2D eigenvalue weighted by atomic mass is 79.9. The lowest BCUT2D eigenvalue weighted by Crippen LogP contribution is -2.37. The topological polar surface area (TPSA) is 141 Å². The lowest BCUT2D eigenvalue weighted by atomic mass is 10.1. The largest absolute Gasteiger partial charge is 0.478 e. The zero-order valence-electron chi connectivity index (χ0n) is 14.8. The summed E-state index contributed by atoms with van der Waals surface area (Å²) < 4.78 is 1.66. The van der Waals surface area contributed by atoms with Gasteiger partial charge in [-0.05, 0) is 81.9 Å². The second-order valence-electron chi connectivity index (χ2n) is 6.16. The fourth-order valence-electron chi connectivity index (χ4n) is 2.83. The van der Waals surface area contributed by atoms with Crippen LogP contribution >= 0.6 is 63.7 Å². The molecule has 1 aliphatic heterocycles. The van der Waals surface area contributed by atoms with E-state index >= 15 is 0 Å². The summed E-state index contributed by atoms with van der Waals surface area (Å²) in [5.74, 6) is -5.00. The molecule has 0 fully saturated rings. The Balaban J connectivity index is 1.88. The second kappa shape index (κ2) is 8.81. The van der Waals surface area contributed by atoms with Crippen molar-refractivity contribution in [3.8, 4) is 0 Å². The molecule has 0 radical (unpaired) electrons. The molecule has 0 atom stereocenters. The number of nitrogens with zero attached hydrogens (tertiary/aromatic N) is 1. The molecule has 0 aromatic heterocycles. The molecule has 2 aromatic carbocycles. The predicted octanol–water partition coefficient (Wildman–Crippen LogP) is 4.37. The van der Waals surface area contributed by atoms with Gasteiger partial charge in [0.25, 0.3) is 11.8 Å². The standard InChI is InChI=1S/C18H8Br4N2O7/c19-11-9-10(12(20)14(22)13(11)21)16(27)24(15(9)26)4-8(25)23-7-2-5(17(28)29)1-6(3-7)18(30)31/h1-3H,4H2,(H,23,25)(H,28,29)(H,30,31). The van der Waals surface area contributed by atoms with Gasteiger partial charge in [0.2, 0.25) is 5.91 Å². The van der Waals surface area contributed by atoms with E-state index in [2.05, 4.69) is 69.0 Å². The molecule has 0 bridgehead atoms. The number of rotatable bonds is 5. The Hall–Kier alpha value is -2.09. The van der Waals surface area contributed by atoms with Crippen molar-refractivity contribution < 1.29 is 34.2 Å². The maximum atomic E-state index is 12.8. The van der Waals surface area contributed by atoms with E-state index in [1.165, 1.54) is 0 Å². The smallest absolute Gasteiger partial charge is 0.335 e. The molecule has 3 rings (SSSR count). The zero-order valence-corrected chi connectivity index (χ0v) is 21.2. The molecule has 2 aromatic rings. The van der Waals surface area contributed by atoms with Gasteiger partial charge in [-0.15, -0.1) is 0 Å². The van der Waals surface area contributed by atoms with Crippen LogP contribution in [0, 0.1) is 0 Å². The van der Waals surface area contributed by atoms with Gasteiger partial charge in [-0.25, -0.2) is 9.59 Å². The second-order valence-corrected chi connectivity index (χ2v) is 9.33. The number of nitrogens with one attached hydrogen (secondary N) is 1. The van der Waals surface area contributed by atoms with E-state index in [0.717, 1.165) is 23.1 Å². The van der Waals surface area contributed by atoms with Gasteiger partial charge in [-0.1, -0.05) is 0 Å². The summed E-state index contributed by atoms with van der Waals surface area (Å²) in [5, 5.41) is 20.6. The molecule has 31 heavy (non-hydrogen) atoms. The predicted molar refractivity (Wildman–Crippen MR) is 122 cm³/mol. The van der Waals surface area contributed by atoms with Gasteiger partial charge in [0.15, 0.2) is 0 Å². The lowest BCUT2D eigenvalue weighted by Gasteiger charge is -2.14. The third kappa shape index (κ3) is 4.31. The summed E-state index contributed by atoms with van der Waals surface area (Å²) in [5.41, 5.74) is -0.662. The summed E-state index contributed by atoms with van der Waals surface area (Å²) in [4.78, 5) is 61.2. The number of halogens is 4. The molecular weight excluding hydrogens is 676 g/mol. The Bertz CT molecular complexity index is 1130. The van der Waals surface area contributed by atoms with Crippen LogP contribution in [-0.2, 0) is 4.79 Å². The Kier molecular flexibility index (Phi) is 6.69. The number of carboxylic acid groups (broad SMARTS) is 2. The van der Waals surface area contributed by atoms with E-state index < -0.39 is 36.2 Å². The van der Waals surface area contributed by atoms with Crippen LogP contribution in [0.1, 0.15) is 41.4 Å². The van der Waals surface area contributed by atoms with Crippen LogP contribution in [0.15, 0.2) is 36.1 Å². The molecule has 1 aliphatic rings. The zero-order chi connectivity index (χ0) is 23.2. The molecule has 0 aliphatic carbocycles. The number of hydrogen-bond acceptors (Lipinski definition) is 5. The fraction of sp³-hybridized carbons (Fsp3) is 0.0556. The van der Waals surface area contributed by atoms with Crippen LogP contribution in [0.4, 0.5) is 5.69 Å². The van der Waals surface area contributed by atoms with Gasteiger partial charge in [0.1, 0.15) is 6.54 Å². The molecule has 9 nitrogen and oxygen atoms in total. The molecule has 3 N–H and O–H groups in total. The first kappa shape index (κ1) is 23.6. The number of fused-ring (bicyclic) bond motifs is 1. The summed E-state index contributed by atoms with van der Waals surface area (Å²) in [7, 11) is 0. The third-order valence-electron chi connectivity index (χ3n) is 4.20. The van der Waals surface area contributed by atoms with Crippen LogP contribution < -0.4 is 5.32 Å². The number of benzene rings is 2. The maximum Gasteiger partial charge on any atom is 0.335 e. The number of amides is 3. The van der Waals surface area contributed by atoms with Crippen molar-refractivity contribution in [2.45, 2.75) is 0 Å². The number of carbonyl (C=O) groups excluding carboxylic acids is 3.